The third-order valence-electron chi connectivity index (χ3n) is 9.97. The zero-order valence-corrected chi connectivity index (χ0v) is 27.0. The van der Waals surface area contributed by atoms with Crippen molar-refractivity contribution in [3.8, 4) is 40.5 Å². The standard InChI is InChI=1S/C35H31F3N10O2/c1-45-21-41-44-31(45)25-3-2-22(14-40)10-26(25)24-12-29(43-34(4-5-34)6-8-39)42-30(13-24)48-17-28-27(35(36,37)38)11-23(16-47(28)32(48)49)15-46-18-33(19-46)7-9-50-20-33/h2-3,10-13,16-17,21H,4-7,9,15,18-20H2,1H3,(H,42,43). The minimum absolute atomic E-state index is 0.0608. The highest BCUT2D eigenvalue weighted by molar-refractivity contribution is 5.83. The highest BCUT2D eigenvalue weighted by atomic mass is 19.4. The molecule has 50 heavy (non-hydrogen) atoms. The highest BCUT2D eigenvalue weighted by Crippen LogP contribution is 2.43. The van der Waals surface area contributed by atoms with Crippen molar-refractivity contribution in [2.24, 2.45) is 12.5 Å². The Labute approximate surface area is 284 Å². The lowest BCUT2D eigenvalue weighted by Gasteiger charge is -2.47. The summed E-state index contributed by atoms with van der Waals surface area (Å²) in [6.45, 7) is 3.07. The predicted molar refractivity (Wildman–Crippen MR) is 175 cm³/mol. The number of hydrogen-bond donors (Lipinski definition) is 1. The quantitative estimate of drug-likeness (QED) is 0.242. The number of rotatable bonds is 8. The first kappa shape index (κ1) is 31.7. The summed E-state index contributed by atoms with van der Waals surface area (Å²) in [4.78, 5) is 20.8. The number of aryl methyl sites for hydroxylation is 1. The average molecular weight is 681 g/mol. The van der Waals surface area contributed by atoms with Crippen LogP contribution in [0.5, 0.6) is 0 Å². The molecule has 1 aromatic carbocycles. The number of alkyl halides is 3. The van der Waals surface area contributed by atoms with Crippen LogP contribution in [0.2, 0.25) is 0 Å². The first-order valence-corrected chi connectivity index (χ1v) is 16.2. The Morgan fingerprint density at radius 2 is 1.88 bits per heavy atom. The molecule has 0 bridgehead atoms. The van der Waals surface area contributed by atoms with Gasteiger partial charge in [-0.1, -0.05) is 0 Å². The molecule has 0 amide bonds. The van der Waals surface area contributed by atoms with Crippen molar-refractivity contribution in [2.45, 2.75) is 43.9 Å². The molecule has 15 heteroatoms. The molecule has 254 valence electrons. The number of nitrogens with zero attached hydrogens (tertiary/aromatic N) is 9. The van der Waals surface area contributed by atoms with Crippen LogP contribution >= 0.6 is 0 Å². The summed E-state index contributed by atoms with van der Waals surface area (Å²) in [7, 11) is 1.78. The van der Waals surface area contributed by atoms with Gasteiger partial charge in [-0.25, -0.2) is 9.78 Å². The van der Waals surface area contributed by atoms with Gasteiger partial charge in [-0.05, 0) is 72.4 Å². The number of ether oxygens (including phenoxy) is 1. The van der Waals surface area contributed by atoms with E-state index in [1.807, 2.05) is 0 Å². The fraction of sp³-hybridized carbons (Fsp3) is 0.371. The average Bonchev–Trinajstić information content (AvgIpc) is 3.37. The third-order valence-corrected chi connectivity index (χ3v) is 9.97. The second kappa shape index (κ2) is 11.5. The van der Waals surface area contributed by atoms with E-state index in [2.05, 4.69) is 32.6 Å². The van der Waals surface area contributed by atoms with Crippen molar-refractivity contribution in [3.63, 3.8) is 0 Å². The van der Waals surface area contributed by atoms with E-state index in [0.717, 1.165) is 53.6 Å². The van der Waals surface area contributed by atoms with Crippen LogP contribution in [0.25, 0.3) is 33.8 Å². The lowest BCUT2D eigenvalue weighted by atomic mass is 9.79. The van der Waals surface area contributed by atoms with E-state index >= 15 is 0 Å². The second-order valence-electron chi connectivity index (χ2n) is 13.7. The van der Waals surface area contributed by atoms with Gasteiger partial charge in [0.2, 0.25) is 0 Å². The van der Waals surface area contributed by atoms with Crippen molar-refractivity contribution in [1.29, 1.82) is 10.5 Å². The molecule has 1 N–H and O–H groups in total. The van der Waals surface area contributed by atoms with Gasteiger partial charge in [0.25, 0.3) is 0 Å². The van der Waals surface area contributed by atoms with E-state index in [0.29, 0.717) is 52.7 Å². The van der Waals surface area contributed by atoms with Crippen LogP contribution in [0.3, 0.4) is 0 Å². The van der Waals surface area contributed by atoms with Crippen molar-refractivity contribution < 1.29 is 17.9 Å². The molecule has 12 nitrogen and oxygen atoms in total. The number of nitriles is 2. The van der Waals surface area contributed by atoms with Crippen molar-refractivity contribution in [1.82, 2.24) is 33.6 Å². The minimum atomic E-state index is -4.73. The van der Waals surface area contributed by atoms with Gasteiger partial charge in [-0.15, -0.1) is 10.2 Å². The van der Waals surface area contributed by atoms with Crippen LogP contribution in [0, 0.1) is 28.1 Å². The van der Waals surface area contributed by atoms with Gasteiger partial charge in [-0.2, -0.15) is 23.7 Å². The molecule has 0 unspecified atom stereocenters. The highest BCUT2D eigenvalue weighted by Gasteiger charge is 2.46. The van der Waals surface area contributed by atoms with Gasteiger partial charge >= 0.3 is 11.9 Å². The Balaban J connectivity index is 1.27. The molecule has 1 spiro atoms. The molecule has 0 atom stereocenters. The third kappa shape index (κ3) is 5.58. The van der Waals surface area contributed by atoms with E-state index in [4.69, 9.17) is 9.72 Å². The summed E-state index contributed by atoms with van der Waals surface area (Å²) in [5.74, 6) is 0.916. The van der Waals surface area contributed by atoms with E-state index in [-0.39, 0.29) is 29.7 Å². The fourth-order valence-corrected chi connectivity index (χ4v) is 7.25. The first-order valence-electron chi connectivity index (χ1n) is 16.2. The lowest BCUT2D eigenvalue weighted by Crippen LogP contribution is -2.56. The molecule has 4 aromatic heterocycles. The van der Waals surface area contributed by atoms with Gasteiger partial charge in [0, 0.05) is 56.7 Å². The summed E-state index contributed by atoms with van der Waals surface area (Å²) in [6, 6.07) is 13.9. The van der Waals surface area contributed by atoms with Gasteiger partial charge in [0.15, 0.2) is 5.82 Å². The van der Waals surface area contributed by atoms with E-state index in [1.54, 1.807) is 48.3 Å². The van der Waals surface area contributed by atoms with Gasteiger partial charge in [0.1, 0.15) is 18.0 Å². The number of halogens is 3. The number of likely N-dealkylation sites (tertiary alicyclic amines) is 1. The zero-order chi connectivity index (χ0) is 34.8. The van der Waals surface area contributed by atoms with Crippen LogP contribution in [0.4, 0.5) is 19.0 Å². The van der Waals surface area contributed by atoms with E-state index in [1.165, 1.54) is 6.20 Å². The first-order chi connectivity index (χ1) is 24.0. The van der Waals surface area contributed by atoms with Gasteiger partial charge in [0.05, 0.1) is 47.3 Å². The molecule has 1 saturated carbocycles. The Bertz CT molecular complexity index is 2290. The number of hydrogen-bond acceptors (Lipinski definition) is 9. The Hall–Kier alpha value is -5.51. The Kier molecular flexibility index (Phi) is 7.32. The maximum atomic E-state index is 14.6. The molecular weight excluding hydrogens is 649 g/mol. The molecule has 3 aliphatic rings. The van der Waals surface area contributed by atoms with Crippen LogP contribution in [0.1, 0.15) is 42.4 Å². The molecular formula is C35H31F3N10O2. The smallest absolute Gasteiger partial charge is 0.381 e. The molecule has 5 aromatic rings. The monoisotopic (exact) mass is 680 g/mol. The topological polar surface area (TPSA) is 142 Å². The molecule has 0 radical (unpaired) electrons. The fourth-order valence-electron chi connectivity index (χ4n) is 7.25. The second-order valence-corrected chi connectivity index (χ2v) is 13.7. The SMILES string of the molecule is Cn1cnnc1-c1ccc(C#N)cc1-c1cc(NC2(CC#N)CC2)nc(-n2cc3c(C(F)(F)F)cc(CN4CC5(CCOC5)C4)cn3c2=O)c1. The van der Waals surface area contributed by atoms with Crippen molar-refractivity contribution >= 4 is 11.3 Å². The minimum Gasteiger partial charge on any atom is -0.381 e. The van der Waals surface area contributed by atoms with Crippen LogP contribution in [0.15, 0.2) is 59.9 Å². The van der Waals surface area contributed by atoms with Crippen LogP contribution < -0.4 is 11.0 Å². The summed E-state index contributed by atoms with van der Waals surface area (Å²) in [5, 5.41) is 30.8. The number of anilines is 1. The van der Waals surface area contributed by atoms with Crippen molar-refractivity contribution in [2.75, 3.05) is 31.6 Å². The zero-order valence-electron chi connectivity index (χ0n) is 27.0. The number of benzene rings is 1. The van der Waals surface area contributed by atoms with Crippen LogP contribution in [-0.4, -0.2) is 65.5 Å². The predicted octanol–water partition coefficient (Wildman–Crippen LogP) is 4.92. The molecule has 6 heterocycles. The van der Waals surface area contributed by atoms with Gasteiger partial charge < -0.3 is 14.6 Å². The molecule has 3 fully saturated rings. The summed E-state index contributed by atoms with van der Waals surface area (Å²) >= 11 is 0. The summed E-state index contributed by atoms with van der Waals surface area (Å²) in [6.07, 6.45) is 2.07. The molecule has 2 saturated heterocycles. The molecule has 2 aliphatic heterocycles. The largest absolute Gasteiger partial charge is 0.418 e. The van der Waals surface area contributed by atoms with E-state index < -0.39 is 23.0 Å². The van der Waals surface area contributed by atoms with Crippen molar-refractivity contribution in [3.05, 3.63) is 82.3 Å². The normalized spacial score (nSPS) is 17.8. The number of fused-ring (bicyclic) bond motifs is 1. The van der Waals surface area contributed by atoms with Crippen LogP contribution in [-0.2, 0) is 24.5 Å². The number of aromatic nitrogens is 6. The summed E-state index contributed by atoms with van der Waals surface area (Å²) in [5.41, 5.74) is 0.0994. The maximum absolute atomic E-state index is 14.6. The Morgan fingerprint density at radius 3 is 2.54 bits per heavy atom. The lowest BCUT2D eigenvalue weighted by molar-refractivity contribution is -0.136. The van der Waals surface area contributed by atoms with E-state index in [9.17, 15) is 28.5 Å². The number of pyridine rings is 2. The number of nitrogens with one attached hydrogen (secondary N) is 1. The summed E-state index contributed by atoms with van der Waals surface area (Å²) < 4.78 is 53.1. The maximum Gasteiger partial charge on any atom is 0.418 e. The molecule has 1 aliphatic carbocycles. The number of imidazole rings is 1. The molecule has 8 rings (SSSR count). The van der Waals surface area contributed by atoms with Gasteiger partial charge in [-0.3, -0.25) is 13.9 Å². The Morgan fingerprint density at radius 1 is 1.06 bits per heavy atom.